The first-order chi connectivity index (χ1) is 28.2. The van der Waals surface area contributed by atoms with Gasteiger partial charge in [0.05, 0.1) is 22.8 Å². The fourth-order valence-electron chi connectivity index (χ4n) is 6.60. The second kappa shape index (κ2) is 20.2. The minimum absolute atomic E-state index is 0. The molecule has 0 aliphatic carbocycles. The molecular formula is C36H18N4Na4O12S8. The zero-order valence-electron chi connectivity index (χ0n) is 33.3. The molecule has 0 saturated carbocycles. The van der Waals surface area contributed by atoms with Crippen molar-refractivity contribution in [2.24, 2.45) is 0 Å². The van der Waals surface area contributed by atoms with E-state index in [4.69, 9.17) is 9.97 Å². The molecule has 0 atom stereocenters. The molecule has 16 nitrogen and oxygen atoms in total. The Labute approximate surface area is 469 Å². The molecule has 0 amide bonds. The van der Waals surface area contributed by atoms with E-state index in [-0.39, 0.29) is 141 Å². The molecule has 0 spiro atoms. The van der Waals surface area contributed by atoms with Gasteiger partial charge in [0.2, 0.25) is 0 Å². The van der Waals surface area contributed by atoms with Crippen molar-refractivity contribution in [3.05, 3.63) is 95.6 Å². The van der Waals surface area contributed by atoms with Crippen LogP contribution in [0.2, 0.25) is 0 Å². The van der Waals surface area contributed by atoms with Gasteiger partial charge >= 0.3 is 118 Å². The fourth-order valence-corrected chi connectivity index (χ4v) is 13.5. The maximum atomic E-state index is 12.1. The molecule has 8 bridgehead atoms. The summed E-state index contributed by atoms with van der Waals surface area (Å²) >= 11 is 2.79. The molecule has 64 heavy (non-hydrogen) atoms. The minimum atomic E-state index is -4.87. The number of hydrogen-bond acceptors (Lipinski definition) is 18. The van der Waals surface area contributed by atoms with Crippen LogP contribution < -0.4 is 118 Å². The first kappa shape index (κ1) is 54.0. The zero-order chi connectivity index (χ0) is 42.5. The molecule has 0 radical (unpaired) electrons. The number of nitrogens with one attached hydrogen (secondary N) is 2. The molecule has 9 heterocycles. The van der Waals surface area contributed by atoms with Gasteiger partial charge in [-0.25, -0.2) is 43.6 Å². The van der Waals surface area contributed by atoms with Gasteiger partial charge in [-0.1, -0.05) is 0 Å². The van der Waals surface area contributed by atoms with Crippen molar-refractivity contribution in [3.8, 4) is 41.8 Å². The van der Waals surface area contributed by atoms with Gasteiger partial charge in [-0.3, -0.25) is 0 Å². The third-order valence-electron chi connectivity index (χ3n) is 9.05. The maximum Gasteiger partial charge on any atom is 1.00 e. The van der Waals surface area contributed by atoms with Crippen LogP contribution in [0.3, 0.4) is 0 Å². The van der Waals surface area contributed by atoms with E-state index >= 15 is 0 Å². The van der Waals surface area contributed by atoms with Crippen molar-refractivity contribution in [1.82, 2.24) is 19.9 Å². The molecule has 306 valence electrons. The van der Waals surface area contributed by atoms with E-state index in [1.807, 2.05) is 0 Å². The van der Waals surface area contributed by atoms with Crippen LogP contribution in [0.15, 0.2) is 89.6 Å². The Balaban J connectivity index is 0.00000193. The summed E-state index contributed by atoms with van der Waals surface area (Å²) in [6.07, 6.45) is 6.46. The number of fused-ring (bicyclic) bond motifs is 8. The van der Waals surface area contributed by atoms with Crippen LogP contribution in [0, 0.1) is 0 Å². The van der Waals surface area contributed by atoms with E-state index in [1.165, 1.54) is 24.3 Å². The van der Waals surface area contributed by atoms with Crippen molar-refractivity contribution in [1.29, 1.82) is 0 Å². The average molecular weight is 1050 g/mol. The van der Waals surface area contributed by atoms with Crippen LogP contribution >= 0.6 is 45.3 Å². The molecule has 9 rings (SSSR count). The number of H-pyrrole nitrogens is 2. The predicted octanol–water partition coefficient (Wildman–Crippen LogP) is -4.80. The summed E-state index contributed by atoms with van der Waals surface area (Å²) in [5, 5.41) is 0. The number of rotatable bonds is 8. The van der Waals surface area contributed by atoms with Crippen molar-refractivity contribution < 1.29 is 170 Å². The molecular weight excluding hydrogens is 1030 g/mol. The molecule has 7 aromatic heterocycles. The Morgan fingerprint density at radius 2 is 0.547 bits per heavy atom. The molecule has 2 aliphatic heterocycles. The van der Waals surface area contributed by atoms with E-state index in [2.05, 4.69) is 9.97 Å². The Bertz CT molecular complexity index is 3230. The van der Waals surface area contributed by atoms with Gasteiger partial charge in [0.25, 0.3) is 0 Å². The Hall–Kier alpha value is -0.960. The predicted molar refractivity (Wildman–Crippen MR) is 224 cm³/mol. The van der Waals surface area contributed by atoms with Crippen LogP contribution in [-0.4, -0.2) is 71.8 Å². The average Bonchev–Trinajstić information content (AvgIpc) is 3.98. The largest absolute Gasteiger partial charge is 1.00 e. The molecule has 0 unspecified atom stereocenters. The topological polar surface area (TPSA) is 286 Å². The van der Waals surface area contributed by atoms with Crippen molar-refractivity contribution in [2.75, 3.05) is 0 Å². The summed E-state index contributed by atoms with van der Waals surface area (Å²) in [5.41, 5.74) is 3.82. The van der Waals surface area contributed by atoms with Gasteiger partial charge in [0.1, 0.15) is 57.3 Å². The summed E-state index contributed by atoms with van der Waals surface area (Å²) < 4.78 is 143. The molecule has 0 fully saturated rings. The molecule has 2 N–H and O–H groups in total. The number of hydrogen-bond donors (Lipinski definition) is 2. The van der Waals surface area contributed by atoms with Gasteiger partial charge in [-0.2, -0.15) is 0 Å². The maximum absolute atomic E-state index is 12.1. The second-order valence-electron chi connectivity index (χ2n) is 12.8. The van der Waals surface area contributed by atoms with E-state index in [0.717, 1.165) is 24.3 Å². The SMILES string of the molecule is O=S(=O)([O-])c1ccc(-c2c3nc(c(-c4ccc(S(=O)(=O)[O-])s4)c4ccc([nH]4)c(-c4ccc(S(=O)(=O)[O-])s4)c4nc(c(-c5ccc(S(=O)(=O)[O-])s5)c5ccc2[nH]5)C=C4)C=C3)s1.[Na+].[Na+].[Na+].[Na+]. The molecule has 0 saturated heterocycles. The summed E-state index contributed by atoms with van der Waals surface area (Å²) in [6.45, 7) is 0. The first-order valence-corrected chi connectivity index (χ1v) is 25.5. The van der Waals surface area contributed by atoms with E-state index < -0.39 is 57.3 Å². The summed E-state index contributed by atoms with van der Waals surface area (Å²) in [6, 6.07) is 17.0. The Morgan fingerprint density at radius 3 is 0.719 bits per heavy atom. The van der Waals surface area contributed by atoms with Crippen LogP contribution in [0.4, 0.5) is 0 Å². The van der Waals surface area contributed by atoms with Crippen molar-refractivity contribution >= 4 is 132 Å². The molecule has 2 aliphatic rings. The number of aromatic nitrogens is 4. The third-order valence-corrected chi connectivity index (χ3v) is 18.6. The van der Waals surface area contributed by atoms with Gasteiger partial charge < -0.3 is 28.2 Å². The normalized spacial score (nSPS) is 12.6. The fraction of sp³-hybridized carbons (Fsp3) is 0. The van der Waals surface area contributed by atoms with Gasteiger partial charge in [-0.15, -0.1) is 45.3 Å². The number of thiophene rings is 4. The Morgan fingerprint density at radius 1 is 0.344 bits per heavy atom. The zero-order valence-corrected chi connectivity index (χ0v) is 47.8. The quantitative estimate of drug-likeness (QED) is 0.107. The van der Waals surface area contributed by atoms with Gasteiger partial charge in [0.15, 0.2) is 0 Å². The van der Waals surface area contributed by atoms with Crippen molar-refractivity contribution in [3.63, 3.8) is 0 Å². The summed E-state index contributed by atoms with van der Waals surface area (Å²) in [4.78, 5) is 17.7. The van der Waals surface area contributed by atoms with E-state index in [9.17, 15) is 51.9 Å². The van der Waals surface area contributed by atoms with Gasteiger partial charge in [-0.05, 0) is 97.1 Å². The molecule has 28 heteroatoms. The minimum Gasteiger partial charge on any atom is -0.743 e. The van der Waals surface area contributed by atoms with E-state index in [0.29, 0.717) is 109 Å². The van der Waals surface area contributed by atoms with Crippen molar-refractivity contribution in [2.45, 2.75) is 16.8 Å². The van der Waals surface area contributed by atoms with E-state index in [1.54, 1.807) is 48.6 Å². The summed E-state index contributed by atoms with van der Waals surface area (Å²) in [5.74, 6) is 0. The van der Waals surface area contributed by atoms with Crippen LogP contribution in [0.25, 0.3) is 88.1 Å². The van der Waals surface area contributed by atoms with Crippen LogP contribution in [0.1, 0.15) is 22.8 Å². The third kappa shape index (κ3) is 10.8. The number of nitrogens with zero attached hydrogens (tertiary/aromatic N) is 2. The number of aromatic amines is 2. The first-order valence-electron chi connectivity index (χ1n) is 16.6. The van der Waals surface area contributed by atoms with Crippen LogP contribution in [-0.2, 0) is 40.5 Å². The molecule has 0 aromatic carbocycles. The monoisotopic (exact) mass is 1050 g/mol. The summed E-state index contributed by atoms with van der Waals surface area (Å²) in [7, 11) is -19.5. The second-order valence-corrected chi connectivity index (χ2v) is 23.6. The van der Waals surface area contributed by atoms with Crippen LogP contribution in [0.5, 0.6) is 0 Å². The van der Waals surface area contributed by atoms with Gasteiger partial charge in [0, 0.05) is 63.8 Å². The standard InChI is InChI=1S/C36H22N4O12S8.4Na/c41-57(42,43)29-13-9-25(53-29)33-17-1-2-18(37-17)34(26-10-14-30(54-26)58(44,45)46)20-5-6-22(39-20)36(28-12-16-32(56-28)60(50,51)52)24-8-7-23(40-24)35(21-4-3-19(33)38-21)27-11-15-31(55-27)59(47,48)49;;;;/h1-16,37,40H,(H,41,42,43)(H,44,45,46)(H,47,48,49)(H,50,51,52);;;;/q;4*+1/p-4. The smallest absolute Gasteiger partial charge is 0.743 e. The molecule has 7 aromatic rings. The Kier molecular flexibility index (Phi) is 17.0.